The van der Waals surface area contributed by atoms with Gasteiger partial charge in [-0.3, -0.25) is 4.79 Å². The summed E-state index contributed by atoms with van der Waals surface area (Å²) >= 11 is 9.76. The van der Waals surface area contributed by atoms with Crippen LogP contribution in [0.2, 0.25) is 5.02 Å². The summed E-state index contributed by atoms with van der Waals surface area (Å²) in [6, 6.07) is 21.8. The largest absolute Gasteiger partial charge is 0.497 e. The molecule has 0 radical (unpaired) electrons. The molecule has 1 amide bonds. The fourth-order valence-corrected chi connectivity index (χ4v) is 6.42. The molecule has 3 aliphatic heterocycles. The molecule has 184 valence electrons. The van der Waals surface area contributed by atoms with Crippen LogP contribution in [0, 0.1) is 5.41 Å². The normalized spacial score (nSPS) is 23.0. The molecule has 6 rings (SSSR count). The second-order valence-corrected chi connectivity index (χ2v) is 10.9. The molecule has 1 fully saturated rings. The van der Waals surface area contributed by atoms with E-state index in [0.717, 1.165) is 46.9 Å². The Morgan fingerprint density at radius 2 is 1.75 bits per heavy atom. The van der Waals surface area contributed by atoms with Crippen LogP contribution in [0.1, 0.15) is 12.5 Å². The molecule has 0 saturated carbocycles. The van der Waals surface area contributed by atoms with Crippen LogP contribution in [0.5, 0.6) is 5.75 Å². The van der Waals surface area contributed by atoms with Gasteiger partial charge in [-0.15, -0.1) is 0 Å². The van der Waals surface area contributed by atoms with E-state index in [9.17, 15) is 4.79 Å². The number of hydrogen-bond donors (Lipinski definition) is 0. The van der Waals surface area contributed by atoms with Crippen LogP contribution in [-0.2, 0) is 11.2 Å². The minimum Gasteiger partial charge on any atom is -0.497 e. The number of rotatable bonds is 3. The number of fused-ring (bicyclic) bond motifs is 4. The molecule has 0 bridgehead atoms. The Labute approximate surface area is 224 Å². The zero-order valence-corrected chi connectivity index (χ0v) is 22.5. The Morgan fingerprint density at radius 1 is 1.03 bits per heavy atom. The highest BCUT2D eigenvalue weighted by Crippen LogP contribution is 2.49. The van der Waals surface area contributed by atoms with Crippen LogP contribution in [0.4, 0.5) is 17.1 Å². The minimum absolute atomic E-state index is 0.0135. The van der Waals surface area contributed by atoms with Gasteiger partial charge in [0.05, 0.1) is 24.6 Å². The van der Waals surface area contributed by atoms with Crippen LogP contribution < -0.4 is 19.5 Å². The van der Waals surface area contributed by atoms with Crippen molar-refractivity contribution in [1.29, 1.82) is 0 Å². The van der Waals surface area contributed by atoms with E-state index in [1.807, 2.05) is 31.2 Å². The van der Waals surface area contributed by atoms with Crippen molar-refractivity contribution in [2.45, 2.75) is 19.4 Å². The first kappa shape index (κ1) is 23.4. The average molecular weight is 566 g/mol. The van der Waals surface area contributed by atoms with E-state index in [0.29, 0.717) is 11.4 Å². The first-order valence-corrected chi connectivity index (χ1v) is 13.2. The summed E-state index contributed by atoms with van der Waals surface area (Å²) in [5.74, 6) is 0.845. The second kappa shape index (κ2) is 8.82. The lowest BCUT2D eigenvalue weighted by atomic mass is 9.67. The molecule has 1 spiro atoms. The molecule has 3 aromatic rings. The van der Waals surface area contributed by atoms with E-state index in [2.05, 4.69) is 56.1 Å². The number of hydrazone groups is 1. The highest BCUT2D eigenvalue weighted by molar-refractivity contribution is 9.10. The highest BCUT2D eigenvalue weighted by Gasteiger charge is 2.60. The SMILES string of the molecule is COc1ccc(N2CCN3c4ccc(Br)cc4C[C@@]4(C(=O)N(c5ccc(Cl)cc5)N=C4C)[C@H]3C2)cc1. The zero-order valence-electron chi connectivity index (χ0n) is 20.1. The van der Waals surface area contributed by atoms with Crippen LogP contribution in [0.15, 0.2) is 76.3 Å². The Balaban J connectivity index is 1.43. The lowest BCUT2D eigenvalue weighted by molar-refractivity contribution is -0.125. The molecule has 6 nitrogen and oxygen atoms in total. The highest BCUT2D eigenvalue weighted by atomic mass is 79.9. The summed E-state index contributed by atoms with van der Waals surface area (Å²) in [6.45, 7) is 4.39. The van der Waals surface area contributed by atoms with Gasteiger partial charge in [-0.05, 0) is 85.6 Å². The van der Waals surface area contributed by atoms with Crippen LogP contribution in [-0.4, -0.2) is 44.4 Å². The number of nitrogens with zero attached hydrogens (tertiary/aromatic N) is 4. The third-order valence-corrected chi connectivity index (χ3v) is 8.49. The molecule has 3 heterocycles. The van der Waals surface area contributed by atoms with E-state index < -0.39 is 5.41 Å². The summed E-state index contributed by atoms with van der Waals surface area (Å²) in [5, 5.41) is 7.04. The third-order valence-electron chi connectivity index (χ3n) is 7.75. The minimum atomic E-state index is -0.765. The van der Waals surface area contributed by atoms with E-state index in [1.165, 1.54) is 11.3 Å². The lowest BCUT2D eigenvalue weighted by Gasteiger charge is -2.53. The van der Waals surface area contributed by atoms with E-state index in [1.54, 1.807) is 24.3 Å². The summed E-state index contributed by atoms with van der Waals surface area (Å²) in [6.07, 6.45) is 0.609. The molecule has 36 heavy (non-hydrogen) atoms. The van der Waals surface area contributed by atoms with Gasteiger partial charge in [0.2, 0.25) is 0 Å². The summed E-state index contributed by atoms with van der Waals surface area (Å²) in [5.41, 5.74) is 4.31. The van der Waals surface area contributed by atoms with E-state index >= 15 is 0 Å². The first-order valence-electron chi connectivity index (χ1n) is 12.0. The van der Waals surface area contributed by atoms with Gasteiger partial charge in [0, 0.05) is 40.5 Å². The van der Waals surface area contributed by atoms with Gasteiger partial charge in [0.25, 0.3) is 5.91 Å². The van der Waals surface area contributed by atoms with Gasteiger partial charge in [-0.2, -0.15) is 10.1 Å². The molecular weight excluding hydrogens is 540 g/mol. The van der Waals surface area contributed by atoms with Crippen molar-refractivity contribution in [1.82, 2.24) is 0 Å². The van der Waals surface area contributed by atoms with E-state index in [4.69, 9.17) is 21.4 Å². The second-order valence-electron chi connectivity index (χ2n) is 9.55. The summed E-state index contributed by atoms with van der Waals surface area (Å²) in [7, 11) is 1.68. The molecule has 0 aromatic heterocycles. The molecule has 1 saturated heterocycles. The van der Waals surface area contributed by atoms with Gasteiger partial charge < -0.3 is 14.5 Å². The molecule has 0 unspecified atom stereocenters. The Kier molecular flexibility index (Phi) is 5.73. The number of amides is 1. The van der Waals surface area contributed by atoms with Crippen molar-refractivity contribution in [3.05, 3.63) is 81.8 Å². The standard InChI is InChI=1S/C28H26BrClN4O2/c1-18-28(27(35)34(31-18)23-6-4-21(30)5-7-23)16-19-15-20(29)3-12-25(19)33-14-13-32(17-26(28)33)22-8-10-24(36-2)11-9-22/h3-12,15,26H,13-14,16-17H2,1-2H3/t26-,28+/m1/s1. The number of carbonyl (C=O) groups excluding carboxylic acids is 1. The average Bonchev–Trinajstić information content (AvgIpc) is 3.14. The summed E-state index contributed by atoms with van der Waals surface area (Å²) in [4.78, 5) is 19.2. The smallest absolute Gasteiger partial charge is 0.261 e. The van der Waals surface area contributed by atoms with Crippen LogP contribution in [0.3, 0.4) is 0 Å². The number of piperazine rings is 1. The molecular formula is C28H26BrClN4O2. The summed E-state index contributed by atoms with van der Waals surface area (Å²) < 4.78 is 6.37. The maximum Gasteiger partial charge on any atom is 0.261 e. The monoisotopic (exact) mass is 564 g/mol. The van der Waals surface area contributed by atoms with Gasteiger partial charge in [-0.25, -0.2) is 0 Å². The Hall–Kier alpha value is -3.03. The van der Waals surface area contributed by atoms with Crippen molar-refractivity contribution in [2.75, 3.05) is 41.6 Å². The molecule has 2 atom stereocenters. The molecule has 8 heteroatoms. The van der Waals surface area contributed by atoms with Gasteiger partial charge >= 0.3 is 0 Å². The number of ether oxygens (including phenoxy) is 1. The number of halogens is 2. The van der Waals surface area contributed by atoms with Gasteiger partial charge in [0.1, 0.15) is 11.2 Å². The molecule has 0 N–H and O–H groups in total. The zero-order chi connectivity index (χ0) is 25.0. The van der Waals surface area contributed by atoms with E-state index in [-0.39, 0.29) is 11.9 Å². The molecule has 3 aromatic carbocycles. The number of benzene rings is 3. The predicted octanol–water partition coefficient (Wildman–Crippen LogP) is 5.77. The van der Waals surface area contributed by atoms with Crippen LogP contribution >= 0.6 is 27.5 Å². The number of carbonyl (C=O) groups is 1. The first-order chi connectivity index (χ1) is 17.4. The van der Waals surface area contributed by atoms with Crippen LogP contribution in [0.25, 0.3) is 0 Å². The number of anilines is 3. The topological polar surface area (TPSA) is 48.4 Å². The van der Waals surface area contributed by atoms with Crippen molar-refractivity contribution in [3.8, 4) is 5.75 Å². The third kappa shape index (κ3) is 3.59. The quantitative estimate of drug-likeness (QED) is 0.405. The van der Waals surface area contributed by atoms with Crippen molar-refractivity contribution in [2.24, 2.45) is 10.5 Å². The Bertz CT molecular complexity index is 1360. The maximum absolute atomic E-state index is 14.4. The van der Waals surface area contributed by atoms with Crippen molar-refractivity contribution in [3.63, 3.8) is 0 Å². The Morgan fingerprint density at radius 3 is 2.47 bits per heavy atom. The predicted molar refractivity (Wildman–Crippen MR) is 149 cm³/mol. The molecule has 3 aliphatic rings. The van der Waals surface area contributed by atoms with Gasteiger partial charge in [-0.1, -0.05) is 27.5 Å². The number of methoxy groups -OCH3 is 1. The fourth-order valence-electron chi connectivity index (χ4n) is 5.89. The van der Waals surface area contributed by atoms with Gasteiger partial charge in [0.15, 0.2) is 0 Å². The van der Waals surface area contributed by atoms with Crippen molar-refractivity contribution >= 4 is 56.2 Å². The molecule has 0 aliphatic carbocycles. The van der Waals surface area contributed by atoms with Crippen molar-refractivity contribution < 1.29 is 9.53 Å². The fraction of sp³-hybridized carbons (Fsp3) is 0.286. The maximum atomic E-state index is 14.4. The number of hydrogen-bond acceptors (Lipinski definition) is 5. The lowest BCUT2D eigenvalue weighted by Crippen LogP contribution is -2.67.